The van der Waals surface area contributed by atoms with Crippen LogP contribution < -0.4 is 4.46 Å². The van der Waals surface area contributed by atoms with Crippen molar-refractivity contribution in [1.82, 2.24) is 0 Å². The molecule has 0 fully saturated rings. The molecule has 0 unspecified atom stereocenters. The van der Waals surface area contributed by atoms with E-state index in [2.05, 4.69) is 18.7 Å². The van der Waals surface area contributed by atoms with Gasteiger partial charge in [0.1, 0.15) is 0 Å². The molecule has 1 rings (SSSR count). The first-order valence-electron chi connectivity index (χ1n) is 7.69. The monoisotopic (exact) mass is 375 g/mol. The molecule has 5 heteroatoms. The predicted molar refractivity (Wildman–Crippen MR) is 94.0 cm³/mol. The molecular formula is C16H25NO2SSe. The van der Waals surface area contributed by atoms with Gasteiger partial charge in [0.25, 0.3) is 0 Å². The van der Waals surface area contributed by atoms with Gasteiger partial charge >= 0.3 is 138 Å². The molecule has 0 amide bonds. The van der Waals surface area contributed by atoms with Crippen LogP contribution in [0.4, 0.5) is 5.69 Å². The first kappa shape index (κ1) is 18.5. The zero-order valence-corrected chi connectivity index (χ0v) is 15.3. The van der Waals surface area contributed by atoms with Gasteiger partial charge in [0.05, 0.1) is 0 Å². The van der Waals surface area contributed by atoms with Gasteiger partial charge in [-0.3, -0.25) is 0 Å². The molecule has 0 N–H and O–H groups in total. The second kappa shape index (κ2) is 12.1. The molecule has 0 spiro atoms. The van der Waals surface area contributed by atoms with Crippen molar-refractivity contribution in [3.05, 3.63) is 34.4 Å². The standard InChI is InChI=1S/C16H25NO2SSe/c1-2-3-4-7-12-20-13-8-9-14-21-16-11-6-5-10-15(16)17(18)19/h5-6,10-11H,2-4,7-9,12-14H2,1H3. The molecule has 0 heterocycles. The second-order valence-electron chi connectivity index (χ2n) is 4.95. The molecule has 21 heavy (non-hydrogen) atoms. The van der Waals surface area contributed by atoms with Crippen LogP contribution in [-0.4, -0.2) is 31.4 Å². The molecule has 0 bridgehead atoms. The fraction of sp³-hybridized carbons (Fsp3) is 0.625. The Labute approximate surface area is 138 Å². The number of nitrogens with zero attached hydrogens (tertiary/aromatic N) is 1. The van der Waals surface area contributed by atoms with E-state index >= 15 is 0 Å². The van der Waals surface area contributed by atoms with Crippen LogP contribution >= 0.6 is 11.8 Å². The van der Waals surface area contributed by atoms with E-state index in [4.69, 9.17) is 0 Å². The molecule has 0 aromatic heterocycles. The number of nitro groups is 1. The summed E-state index contributed by atoms with van der Waals surface area (Å²) >= 11 is 2.29. The van der Waals surface area contributed by atoms with Crippen LogP contribution in [0.2, 0.25) is 5.32 Å². The summed E-state index contributed by atoms with van der Waals surface area (Å²) in [6.45, 7) is 2.24. The summed E-state index contributed by atoms with van der Waals surface area (Å²) < 4.78 is 0.933. The van der Waals surface area contributed by atoms with Gasteiger partial charge in [-0.15, -0.1) is 0 Å². The maximum atomic E-state index is 10.9. The average molecular weight is 374 g/mol. The minimum absolute atomic E-state index is 0.232. The number of rotatable bonds is 12. The molecule has 0 atom stereocenters. The molecule has 1 aromatic rings. The van der Waals surface area contributed by atoms with Crippen LogP contribution in [-0.2, 0) is 0 Å². The van der Waals surface area contributed by atoms with Gasteiger partial charge in [0.2, 0.25) is 0 Å². The number of thioether (sulfide) groups is 1. The fourth-order valence-electron chi connectivity index (χ4n) is 1.95. The van der Waals surface area contributed by atoms with Gasteiger partial charge in [0.15, 0.2) is 0 Å². The van der Waals surface area contributed by atoms with Gasteiger partial charge in [-0.2, -0.15) is 0 Å². The normalized spacial score (nSPS) is 10.7. The first-order chi connectivity index (χ1) is 10.3. The number of nitro benzene ring substituents is 1. The Balaban J connectivity index is 2.06. The molecule has 0 aliphatic heterocycles. The van der Waals surface area contributed by atoms with Crippen molar-refractivity contribution < 1.29 is 4.92 Å². The van der Waals surface area contributed by atoms with Crippen molar-refractivity contribution in [1.29, 1.82) is 0 Å². The topological polar surface area (TPSA) is 43.1 Å². The molecule has 0 saturated heterocycles. The van der Waals surface area contributed by atoms with E-state index in [1.54, 1.807) is 12.1 Å². The van der Waals surface area contributed by atoms with E-state index in [1.165, 1.54) is 50.0 Å². The van der Waals surface area contributed by atoms with Gasteiger partial charge in [-0.05, 0) is 0 Å². The van der Waals surface area contributed by atoms with E-state index in [0.717, 1.165) is 9.78 Å². The summed E-state index contributed by atoms with van der Waals surface area (Å²) in [5.41, 5.74) is 0.294. The molecule has 3 nitrogen and oxygen atoms in total. The van der Waals surface area contributed by atoms with Crippen molar-refractivity contribution >= 4 is 36.9 Å². The van der Waals surface area contributed by atoms with Crippen LogP contribution in [0.25, 0.3) is 0 Å². The second-order valence-corrected chi connectivity index (χ2v) is 8.56. The zero-order valence-electron chi connectivity index (χ0n) is 12.8. The summed E-state index contributed by atoms with van der Waals surface area (Å²) in [4.78, 5) is 10.7. The van der Waals surface area contributed by atoms with Crippen molar-refractivity contribution in [2.75, 3.05) is 11.5 Å². The molecule has 1 aromatic carbocycles. The van der Waals surface area contributed by atoms with Crippen molar-refractivity contribution in [2.45, 2.75) is 50.8 Å². The van der Waals surface area contributed by atoms with Crippen LogP contribution in [0.3, 0.4) is 0 Å². The number of unbranched alkanes of at least 4 members (excludes halogenated alkanes) is 4. The van der Waals surface area contributed by atoms with Crippen LogP contribution in [0, 0.1) is 10.1 Å². The van der Waals surface area contributed by atoms with Gasteiger partial charge in [0, 0.05) is 0 Å². The Kier molecular flexibility index (Phi) is 10.7. The summed E-state index contributed by atoms with van der Waals surface area (Å²) in [7, 11) is 0. The minimum atomic E-state index is -0.261. The van der Waals surface area contributed by atoms with E-state index < -0.39 is 0 Å². The van der Waals surface area contributed by atoms with Crippen molar-refractivity contribution in [2.24, 2.45) is 0 Å². The Morgan fingerprint density at radius 3 is 2.52 bits per heavy atom. The summed E-state index contributed by atoms with van der Waals surface area (Å²) in [5, 5.41) is 12.0. The van der Waals surface area contributed by atoms with Crippen molar-refractivity contribution in [3.63, 3.8) is 0 Å². The van der Waals surface area contributed by atoms with E-state index in [0.29, 0.717) is 5.69 Å². The van der Waals surface area contributed by atoms with E-state index in [9.17, 15) is 10.1 Å². The molecular weight excluding hydrogens is 349 g/mol. The molecule has 118 valence electrons. The van der Waals surface area contributed by atoms with E-state index in [-0.39, 0.29) is 19.9 Å². The van der Waals surface area contributed by atoms with Gasteiger partial charge in [-0.1, -0.05) is 0 Å². The summed E-state index contributed by atoms with van der Waals surface area (Å²) in [6.07, 6.45) is 7.80. The zero-order chi connectivity index (χ0) is 15.3. The Hall–Kier alpha value is -0.511. The third kappa shape index (κ3) is 8.50. The summed E-state index contributed by atoms with van der Waals surface area (Å²) in [6, 6.07) is 7.16. The first-order valence-corrected chi connectivity index (χ1v) is 10.9. The molecule has 0 aliphatic carbocycles. The van der Waals surface area contributed by atoms with Crippen LogP contribution in [0.5, 0.6) is 0 Å². The fourth-order valence-corrected chi connectivity index (χ4v) is 5.14. The Bertz CT molecular complexity index is 415. The SMILES string of the molecule is CCCCCCSCCCC[Se]c1ccccc1[N+](=O)[O-]. The molecule has 0 radical (unpaired) electrons. The number of hydrogen-bond acceptors (Lipinski definition) is 3. The Morgan fingerprint density at radius 2 is 1.81 bits per heavy atom. The van der Waals surface area contributed by atoms with Gasteiger partial charge in [-0.25, -0.2) is 0 Å². The summed E-state index contributed by atoms with van der Waals surface area (Å²) in [5.74, 6) is 2.52. The molecule has 0 saturated carbocycles. The van der Waals surface area contributed by atoms with Crippen LogP contribution in [0.15, 0.2) is 24.3 Å². The quantitative estimate of drug-likeness (QED) is 0.235. The third-order valence-electron chi connectivity index (χ3n) is 3.14. The average Bonchev–Trinajstić information content (AvgIpc) is 2.49. The van der Waals surface area contributed by atoms with E-state index in [1.807, 2.05) is 12.1 Å². The maximum absolute atomic E-state index is 10.9. The van der Waals surface area contributed by atoms with Crippen molar-refractivity contribution in [3.8, 4) is 0 Å². The third-order valence-corrected chi connectivity index (χ3v) is 6.71. The number of hydrogen-bond donors (Lipinski definition) is 0. The Morgan fingerprint density at radius 1 is 1.10 bits per heavy atom. The number of para-hydroxylation sites is 1. The van der Waals surface area contributed by atoms with Crippen LogP contribution in [0.1, 0.15) is 45.4 Å². The predicted octanol–water partition coefficient (Wildman–Crippen LogP) is 4.44. The molecule has 0 aliphatic rings. The number of benzene rings is 1. The van der Waals surface area contributed by atoms with Gasteiger partial charge < -0.3 is 0 Å².